The number of hydrogen-bond acceptors (Lipinski definition) is 16. The molecule has 0 radical (unpaired) electrons. The summed E-state index contributed by atoms with van der Waals surface area (Å²) in [6.07, 6.45) is 4.86. The van der Waals surface area contributed by atoms with Gasteiger partial charge in [-0.25, -0.2) is 0 Å². The highest BCUT2D eigenvalue weighted by atomic mass is 33.1. The van der Waals surface area contributed by atoms with Crippen LogP contribution in [0.15, 0.2) is 96.0 Å². The van der Waals surface area contributed by atoms with E-state index in [-0.39, 0.29) is 50.1 Å². The summed E-state index contributed by atoms with van der Waals surface area (Å²) in [4.78, 5) is 52.2. The fraction of sp³-hybridized carbons (Fsp3) is 0.443. The third kappa shape index (κ3) is 14.5. The summed E-state index contributed by atoms with van der Waals surface area (Å²) in [5, 5.41) is 1.35. The topological polar surface area (TPSA) is 195 Å². The van der Waals surface area contributed by atoms with Crippen LogP contribution in [0.25, 0.3) is 0 Å². The van der Waals surface area contributed by atoms with Crippen molar-refractivity contribution in [3.63, 3.8) is 0 Å². The highest BCUT2D eigenvalue weighted by Gasteiger charge is 2.39. The maximum Gasteiger partial charge on any atom is 0.275 e. The summed E-state index contributed by atoms with van der Waals surface area (Å²) in [5.74, 6) is 1.07. The number of fused-ring (bicyclic) bond motifs is 8. The molecule has 4 aliphatic rings. The van der Waals surface area contributed by atoms with Gasteiger partial charge in [-0.05, 0) is 135 Å². The van der Waals surface area contributed by atoms with Crippen LogP contribution in [0.5, 0.6) is 17.2 Å². The number of carbonyl (C=O) groups excluding carboxylic acids is 3. The number of anilines is 3. The van der Waals surface area contributed by atoms with Crippen molar-refractivity contribution < 1.29 is 55.8 Å². The minimum Gasteiger partial charge on any atom is -0.493 e. The lowest BCUT2D eigenvalue weighted by molar-refractivity contribution is -0.118. The van der Waals surface area contributed by atoms with Gasteiger partial charge in [0.2, 0.25) is 0 Å². The molecule has 4 aliphatic heterocycles. The Morgan fingerprint density at radius 3 is 2.19 bits per heavy atom. The molecule has 0 saturated heterocycles. The molecule has 5 aromatic rings. The fourth-order valence-corrected chi connectivity index (χ4v) is 14.5. The molecule has 4 heterocycles. The predicted octanol–water partition coefficient (Wildman–Crippen LogP) is 9.44. The van der Waals surface area contributed by atoms with Crippen LogP contribution in [0.3, 0.4) is 0 Å². The molecule has 5 aromatic carbocycles. The molecule has 3 atom stereocenters. The van der Waals surface area contributed by atoms with Crippen molar-refractivity contribution in [2.45, 2.75) is 95.1 Å². The van der Waals surface area contributed by atoms with Gasteiger partial charge in [-0.15, -0.1) is 0 Å². The molecule has 0 spiro atoms. The lowest BCUT2D eigenvalue weighted by Crippen LogP contribution is -2.39. The number of para-hydroxylation sites is 2. The van der Waals surface area contributed by atoms with Gasteiger partial charge in [0, 0.05) is 78.1 Å². The number of ether oxygens (including phenoxy) is 6. The van der Waals surface area contributed by atoms with Crippen molar-refractivity contribution in [3.8, 4) is 17.2 Å². The first kappa shape index (κ1) is 59.6. The molecule has 1 unspecified atom stereocenters. The van der Waals surface area contributed by atoms with Crippen molar-refractivity contribution in [1.29, 1.82) is 0 Å². The van der Waals surface area contributed by atoms with Gasteiger partial charge in [-0.1, -0.05) is 64.9 Å². The molecule has 432 valence electrons. The zero-order valence-electron chi connectivity index (χ0n) is 46.9. The van der Waals surface area contributed by atoms with E-state index >= 15 is 0 Å². The molecule has 0 aromatic heterocycles. The number of ketones is 1. The summed E-state index contributed by atoms with van der Waals surface area (Å²) < 4.78 is 70.4. The first-order valence-corrected chi connectivity index (χ1v) is 31.4. The number of rotatable bonds is 29. The van der Waals surface area contributed by atoms with Gasteiger partial charge in [-0.2, -0.15) is 8.42 Å². The van der Waals surface area contributed by atoms with Crippen LogP contribution in [0.1, 0.15) is 87.7 Å². The largest absolute Gasteiger partial charge is 0.493 e. The van der Waals surface area contributed by atoms with Crippen molar-refractivity contribution in [2.24, 2.45) is 4.99 Å². The van der Waals surface area contributed by atoms with Crippen LogP contribution in [-0.4, -0.2) is 138 Å². The lowest BCUT2D eigenvalue weighted by Gasteiger charge is -2.34. The number of methoxy groups -OCH3 is 2. The third-order valence-electron chi connectivity index (χ3n) is 14.9. The van der Waals surface area contributed by atoms with Gasteiger partial charge in [0.05, 0.1) is 64.0 Å². The second kappa shape index (κ2) is 27.0. The van der Waals surface area contributed by atoms with Crippen molar-refractivity contribution >= 4 is 78.3 Å². The normalized spacial score (nSPS) is 16.6. The first-order chi connectivity index (χ1) is 39.0. The third-order valence-corrected chi connectivity index (χ3v) is 19.4. The molecule has 9 rings (SSSR count). The number of amides is 2. The Morgan fingerprint density at radius 2 is 1.48 bits per heavy atom. The van der Waals surface area contributed by atoms with E-state index in [1.165, 1.54) is 16.4 Å². The lowest BCUT2D eigenvalue weighted by atomic mass is 9.98. The van der Waals surface area contributed by atoms with E-state index in [9.17, 15) is 27.4 Å². The summed E-state index contributed by atoms with van der Waals surface area (Å²) >= 11 is 0. The number of nitrogens with one attached hydrogen (secondary N) is 1. The molecule has 2 amide bonds. The monoisotopic (exact) mass is 1160 g/mol. The second-order valence-corrected chi connectivity index (χ2v) is 26.0. The van der Waals surface area contributed by atoms with Crippen LogP contribution < -0.4 is 34.2 Å². The summed E-state index contributed by atoms with van der Waals surface area (Å²) in [7, 11) is 1.59. The average molecular weight is 1160 g/mol. The molecule has 2 N–H and O–H groups in total. The number of hydrogen-bond donors (Lipinski definition) is 2. The number of aliphatic imine (C=N–C) groups is 1. The number of benzene rings is 5. The smallest absolute Gasteiger partial charge is 0.275 e. The van der Waals surface area contributed by atoms with Crippen LogP contribution in [0, 0.1) is 6.92 Å². The number of likely N-dealkylation sites (N-methyl/N-ethyl adjacent to an activating group) is 1. The number of nitrogens with zero attached hydrogens (tertiary/aromatic N) is 4. The summed E-state index contributed by atoms with van der Waals surface area (Å²) in [6.45, 7) is 11.7. The number of carbonyl (C=O) groups is 3. The van der Waals surface area contributed by atoms with E-state index in [0.717, 1.165) is 64.1 Å². The maximum absolute atomic E-state index is 14.3. The van der Waals surface area contributed by atoms with Gasteiger partial charge in [0.1, 0.15) is 24.2 Å². The van der Waals surface area contributed by atoms with Crippen molar-refractivity contribution in [1.82, 2.24) is 5.32 Å². The van der Waals surface area contributed by atoms with Crippen LogP contribution in [-0.2, 0) is 61.6 Å². The Morgan fingerprint density at radius 1 is 0.815 bits per heavy atom. The summed E-state index contributed by atoms with van der Waals surface area (Å²) in [6, 6.07) is 29.6. The number of Topliss-reactive ketones (excluding diaryl/α,β-unsaturated/α-hetero) is 1. The van der Waals surface area contributed by atoms with Gasteiger partial charge in [-0.3, -0.25) is 28.8 Å². The number of aryl methyl sites for hydroxylation is 2. The summed E-state index contributed by atoms with van der Waals surface area (Å²) in [5.41, 5.74) is 10.1. The van der Waals surface area contributed by atoms with Gasteiger partial charge in [0.15, 0.2) is 17.3 Å². The Hall–Kier alpha value is -5.97. The quantitative estimate of drug-likeness (QED) is 0.0261. The highest BCUT2D eigenvalue weighted by Crippen LogP contribution is 2.43. The Bertz CT molecular complexity index is 3230. The Balaban J connectivity index is 0.991. The fourth-order valence-electron chi connectivity index (χ4n) is 10.9. The molecule has 20 heteroatoms. The zero-order chi connectivity index (χ0) is 57.3. The van der Waals surface area contributed by atoms with E-state index < -0.39 is 25.9 Å². The minimum atomic E-state index is -4.60. The second-order valence-electron chi connectivity index (χ2n) is 21.3. The van der Waals surface area contributed by atoms with Gasteiger partial charge < -0.3 is 43.5 Å². The first-order valence-electron chi connectivity index (χ1n) is 27.6. The molecular formula is C61H73N5O12S3. The molecule has 0 bridgehead atoms. The molecular weight excluding hydrogens is 1090 g/mol. The van der Waals surface area contributed by atoms with Gasteiger partial charge in [0.25, 0.3) is 21.9 Å². The maximum atomic E-state index is 14.3. The van der Waals surface area contributed by atoms with E-state index in [2.05, 4.69) is 42.3 Å². The van der Waals surface area contributed by atoms with Crippen LogP contribution >= 0.6 is 21.6 Å². The molecule has 0 saturated carbocycles. The highest BCUT2D eigenvalue weighted by molar-refractivity contribution is 8.77. The SMILES string of the molecule is CCNCC(=O)C(CCSSC(C)(C)CN(CCOCCOCCOC)c1cc(COc2cc3c(cc2C)C(=O)N2c4ccccc4C[C@H]2CC3)cc(COc2cc3c(cc2OC)C(=O)N2c4ccccc4C[C@H]2C=N3)c1)S(=O)(=O)O. The van der Waals surface area contributed by atoms with E-state index in [0.29, 0.717) is 98.9 Å². The van der Waals surface area contributed by atoms with Crippen molar-refractivity contribution in [2.75, 3.05) is 93.9 Å². The predicted molar refractivity (Wildman–Crippen MR) is 321 cm³/mol. The van der Waals surface area contributed by atoms with Crippen LogP contribution in [0.4, 0.5) is 22.7 Å². The van der Waals surface area contributed by atoms with Crippen molar-refractivity contribution in [3.05, 3.63) is 136 Å². The zero-order valence-corrected chi connectivity index (χ0v) is 49.4. The molecule has 81 heavy (non-hydrogen) atoms. The molecule has 17 nitrogen and oxygen atoms in total. The average Bonchev–Trinajstić information content (AvgIpc) is 3.64. The standard InChI is InChI=1S/C61H73N5O12S3/c1-7-62-36-54(67)58(81(70,71)72)18-25-79-80-61(3,4)39-64(19-20-75-23-24-76-22-21-73-5)47-28-41(37-77-55-32-43-16-17-46-30-44-12-8-10-14-52(44)65(46)59(68)49(43)26-40(55)2)27-42(29-47)38-78-57-34-51-50(33-56(57)74-6)60(69)66-48(35-63-51)31-45-13-9-11-15-53(45)66/h8-15,26-29,32-35,46,48,58,62H,7,16-25,30-31,36-39H2,1-6H3,(H,70,71,72)/t46-,48+,58?/m1/s1. The Kier molecular flexibility index (Phi) is 19.8. The Labute approximate surface area is 483 Å². The molecule has 0 aliphatic carbocycles. The van der Waals surface area contributed by atoms with Gasteiger partial charge >= 0.3 is 0 Å². The minimum absolute atomic E-state index is 0.0135. The molecule has 0 fully saturated rings. The van der Waals surface area contributed by atoms with Crippen LogP contribution in [0.2, 0.25) is 0 Å². The van der Waals surface area contributed by atoms with E-state index in [4.69, 9.17) is 33.4 Å². The van der Waals surface area contributed by atoms with E-state index in [1.54, 1.807) is 42.0 Å². The van der Waals surface area contributed by atoms with E-state index in [1.807, 2.05) is 85.6 Å².